The van der Waals surface area contributed by atoms with E-state index in [2.05, 4.69) is 25.4 Å². The zero-order chi connectivity index (χ0) is 15.9. The Morgan fingerprint density at radius 3 is 2.48 bits per heavy atom. The minimum atomic E-state index is -0.894. The molecular weight excluding hydrogens is 288 g/mol. The van der Waals surface area contributed by atoms with Gasteiger partial charge in [-0.1, -0.05) is 26.7 Å². The Bertz CT molecular complexity index is 351. The van der Waals surface area contributed by atoms with Crippen LogP contribution in [0.3, 0.4) is 0 Å². The van der Waals surface area contributed by atoms with Gasteiger partial charge in [0.1, 0.15) is 6.04 Å². The van der Waals surface area contributed by atoms with Crippen molar-refractivity contribution >= 4 is 23.8 Å². The number of aliphatic carboxylic acids is 1. The molecule has 6 heteroatoms. The van der Waals surface area contributed by atoms with Gasteiger partial charge in [-0.2, -0.15) is 11.8 Å². The third-order valence-corrected chi connectivity index (χ3v) is 6.17. The predicted molar refractivity (Wildman–Crippen MR) is 86.8 cm³/mol. The van der Waals surface area contributed by atoms with Crippen LogP contribution in [0.5, 0.6) is 0 Å². The number of carbonyl (C=O) groups excluding carboxylic acids is 1. The molecule has 1 saturated heterocycles. The van der Waals surface area contributed by atoms with E-state index in [9.17, 15) is 14.7 Å². The molecule has 0 saturated carbocycles. The standard InChI is InChI=1S/C15H28N2O3S/c1-4-15(5-2,21-3)11-16-14(20)17-10-8-6-7-9-12(17)13(18)19/h12H,4-11H2,1-3H3,(H,16,20)(H,18,19). The normalized spacial score (nSPS) is 20.0. The van der Waals surface area contributed by atoms with Crippen LogP contribution < -0.4 is 5.32 Å². The molecule has 0 aromatic rings. The Morgan fingerprint density at radius 1 is 1.29 bits per heavy atom. The van der Waals surface area contributed by atoms with Crippen LogP contribution in [0.2, 0.25) is 0 Å². The minimum absolute atomic E-state index is 0.0419. The fourth-order valence-corrected chi connectivity index (χ4v) is 3.60. The lowest BCUT2D eigenvalue weighted by Crippen LogP contribution is -2.52. The second kappa shape index (κ2) is 8.51. The first-order valence-electron chi connectivity index (χ1n) is 7.82. The Morgan fingerprint density at radius 2 is 1.95 bits per heavy atom. The number of nitrogens with one attached hydrogen (secondary N) is 1. The highest BCUT2D eigenvalue weighted by Gasteiger charge is 2.32. The zero-order valence-corrected chi connectivity index (χ0v) is 14.2. The van der Waals surface area contributed by atoms with E-state index in [4.69, 9.17) is 0 Å². The molecule has 5 nitrogen and oxygen atoms in total. The van der Waals surface area contributed by atoms with Gasteiger partial charge >= 0.3 is 12.0 Å². The summed E-state index contributed by atoms with van der Waals surface area (Å²) in [5.41, 5.74) is 0. The number of thioether (sulfide) groups is 1. The van der Waals surface area contributed by atoms with Crippen molar-refractivity contribution in [2.75, 3.05) is 19.3 Å². The predicted octanol–water partition coefficient (Wildman–Crippen LogP) is 2.95. The van der Waals surface area contributed by atoms with E-state index >= 15 is 0 Å². The molecule has 2 amide bonds. The average Bonchev–Trinajstić information content (AvgIpc) is 2.75. The molecule has 2 N–H and O–H groups in total. The first-order valence-corrected chi connectivity index (χ1v) is 9.04. The fourth-order valence-electron chi connectivity index (χ4n) is 2.81. The summed E-state index contributed by atoms with van der Waals surface area (Å²) in [6, 6.07) is -0.913. The second-order valence-corrected chi connectivity index (χ2v) is 6.92. The largest absolute Gasteiger partial charge is 0.480 e. The topological polar surface area (TPSA) is 69.6 Å². The van der Waals surface area contributed by atoms with Crippen molar-refractivity contribution in [3.05, 3.63) is 0 Å². The van der Waals surface area contributed by atoms with E-state index in [0.29, 0.717) is 19.5 Å². The Balaban J connectivity index is 2.69. The Kier molecular flexibility index (Phi) is 7.35. The lowest BCUT2D eigenvalue weighted by atomic mass is 10.0. The molecule has 1 atom stereocenters. The van der Waals surface area contributed by atoms with Crippen molar-refractivity contribution in [3.8, 4) is 0 Å². The molecular formula is C15H28N2O3S. The van der Waals surface area contributed by atoms with E-state index < -0.39 is 12.0 Å². The number of carbonyl (C=O) groups is 2. The van der Waals surface area contributed by atoms with E-state index in [1.165, 1.54) is 4.90 Å². The number of amides is 2. The van der Waals surface area contributed by atoms with Gasteiger partial charge in [0.25, 0.3) is 0 Å². The smallest absolute Gasteiger partial charge is 0.326 e. The quantitative estimate of drug-likeness (QED) is 0.790. The summed E-state index contributed by atoms with van der Waals surface area (Å²) in [6.07, 6.45) is 7.32. The van der Waals surface area contributed by atoms with E-state index in [-0.39, 0.29) is 10.8 Å². The molecule has 1 aliphatic heterocycles. The van der Waals surface area contributed by atoms with Gasteiger partial charge in [-0.3, -0.25) is 0 Å². The fraction of sp³-hybridized carbons (Fsp3) is 0.867. The van der Waals surface area contributed by atoms with Crippen molar-refractivity contribution in [1.82, 2.24) is 10.2 Å². The lowest BCUT2D eigenvalue weighted by Gasteiger charge is -2.32. The molecule has 0 radical (unpaired) electrons. The molecule has 1 rings (SSSR count). The van der Waals surface area contributed by atoms with Crippen LogP contribution in [0, 0.1) is 0 Å². The summed E-state index contributed by atoms with van der Waals surface area (Å²) in [5, 5.41) is 12.3. The first-order chi connectivity index (χ1) is 9.99. The highest BCUT2D eigenvalue weighted by molar-refractivity contribution is 8.00. The number of nitrogens with zero attached hydrogens (tertiary/aromatic N) is 1. The van der Waals surface area contributed by atoms with Crippen LogP contribution in [0.4, 0.5) is 4.79 Å². The molecule has 21 heavy (non-hydrogen) atoms. The maximum atomic E-state index is 12.4. The molecule has 0 aromatic heterocycles. The summed E-state index contributed by atoms with van der Waals surface area (Å²) in [6.45, 7) is 5.37. The van der Waals surface area contributed by atoms with Crippen LogP contribution in [0.15, 0.2) is 0 Å². The van der Waals surface area contributed by atoms with Gasteiger partial charge in [-0.15, -0.1) is 0 Å². The van der Waals surface area contributed by atoms with Crippen LogP contribution >= 0.6 is 11.8 Å². The minimum Gasteiger partial charge on any atom is -0.480 e. The summed E-state index contributed by atoms with van der Waals surface area (Å²) >= 11 is 1.77. The van der Waals surface area contributed by atoms with Gasteiger partial charge in [0, 0.05) is 17.8 Å². The summed E-state index contributed by atoms with van der Waals surface area (Å²) in [7, 11) is 0. The van der Waals surface area contributed by atoms with Gasteiger partial charge < -0.3 is 15.3 Å². The number of urea groups is 1. The van der Waals surface area contributed by atoms with Gasteiger partial charge in [0.15, 0.2) is 0 Å². The average molecular weight is 316 g/mol. The number of hydrogen-bond donors (Lipinski definition) is 2. The zero-order valence-electron chi connectivity index (χ0n) is 13.4. The molecule has 1 unspecified atom stereocenters. The van der Waals surface area contributed by atoms with Crippen LogP contribution in [-0.2, 0) is 4.79 Å². The van der Waals surface area contributed by atoms with Crippen LogP contribution in [0.1, 0.15) is 52.4 Å². The van der Waals surface area contributed by atoms with Crippen molar-refractivity contribution in [3.63, 3.8) is 0 Å². The van der Waals surface area contributed by atoms with E-state index in [0.717, 1.165) is 32.1 Å². The van der Waals surface area contributed by atoms with Crippen molar-refractivity contribution < 1.29 is 14.7 Å². The van der Waals surface area contributed by atoms with Gasteiger partial charge in [-0.25, -0.2) is 9.59 Å². The molecule has 1 heterocycles. The molecule has 1 aliphatic rings. The molecule has 1 fully saturated rings. The van der Waals surface area contributed by atoms with Gasteiger partial charge in [-0.05, 0) is 31.9 Å². The second-order valence-electron chi connectivity index (χ2n) is 5.65. The highest BCUT2D eigenvalue weighted by atomic mass is 32.2. The summed E-state index contributed by atoms with van der Waals surface area (Å²) in [4.78, 5) is 25.3. The molecule has 122 valence electrons. The van der Waals surface area contributed by atoms with Crippen LogP contribution in [0.25, 0.3) is 0 Å². The third kappa shape index (κ3) is 4.80. The Hall–Kier alpha value is -0.910. The maximum Gasteiger partial charge on any atom is 0.326 e. The first kappa shape index (κ1) is 18.1. The van der Waals surface area contributed by atoms with Gasteiger partial charge in [0.05, 0.1) is 0 Å². The van der Waals surface area contributed by atoms with Crippen molar-refractivity contribution in [1.29, 1.82) is 0 Å². The lowest BCUT2D eigenvalue weighted by molar-refractivity contribution is -0.142. The van der Waals surface area contributed by atoms with E-state index in [1.807, 2.05) is 0 Å². The van der Waals surface area contributed by atoms with Crippen molar-refractivity contribution in [2.45, 2.75) is 63.2 Å². The van der Waals surface area contributed by atoms with Crippen LogP contribution in [-0.4, -0.2) is 52.1 Å². The number of hydrogen-bond acceptors (Lipinski definition) is 3. The van der Waals surface area contributed by atoms with Gasteiger partial charge in [0.2, 0.25) is 0 Å². The monoisotopic (exact) mass is 316 g/mol. The van der Waals surface area contributed by atoms with E-state index in [1.54, 1.807) is 11.8 Å². The summed E-state index contributed by atoms with van der Waals surface area (Å²) in [5.74, 6) is -0.894. The number of likely N-dealkylation sites (tertiary alicyclic amines) is 1. The number of carboxylic acid groups (broad SMARTS) is 1. The highest BCUT2D eigenvalue weighted by Crippen LogP contribution is 2.29. The van der Waals surface area contributed by atoms with Crippen molar-refractivity contribution in [2.24, 2.45) is 0 Å². The molecule has 0 aromatic carbocycles. The summed E-state index contributed by atoms with van der Waals surface area (Å²) < 4.78 is 0.0419. The maximum absolute atomic E-state index is 12.4. The SMILES string of the molecule is CCC(CC)(CNC(=O)N1CCCCCC1C(=O)O)SC. The molecule has 0 spiro atoms. The molecule has 0 aliphatic carbocycles. The number of carboxylic acids is 1. The third-order valence-electron chi connectivity index (χ3n) is 4.58. The molecule has 0 bridgehead atoms. The Labute approximate surface area is 131 Å². The number of rotatable bonds is 6.